The molecule has 0 amide bonds. The second kappa shape index (κ2) is 6.42. The van der Waals surface area contributed by atoms with Crippen LogP contribution in [0.15, 0.2) is 18.2 Å². The molecule has 1 fully saturated rings. The SMILES string of the molecule is CCOc1cc(N)cc(NCC2(SC)CCCC2)c1. The number of ether oxygens (including phenoxy) is 1. The molecule has 0 radical (unpaired) electrons. The standard InChI is InChI=1S/C15H24N2OS/c1-3-18-14-9-12(16)8-13(10-14)17-11-15(19-2)6-4-5-7-15/h8-10,17H,3-7,11,16H2,1-2H3. The van der Waals surface area contributed by atoms with E-state index in [0.717, 1.165) is 23.7 Å². The van der Waals surface area contributed by atoms with Crippen LogP contribution in [0, 0.1) is 0 Å². The van der Waals surface area contributed by atoms with Crippen LogP contribution in [0.2, 0.25) is 0 Å². The van der Waals surface area contributed by atoms with Gasteiger partial charge in [0.1, 0.15) is 5.75 Å². The van der Waals surface area contributed by atoms with E-state index in [1.807, 2.05) is 36.9 Å². The molecule has 3 nitrogen and oxygen atoms in total. The Morgan fingerprint density at radius 2 is 2.05 bits per heavy atom. The van der Waals surface area contributed by atoms with Crippen molar-refractivity contribution in [2.75, 3.05) is 30.5 Å². The molecule has 0 saturated heterocycles. The number of nitrogens with one attached hydrogen (secondary N) is 1. The van der Waals surface area contributed by atoms with Crippen molar-refractivity contribution in [2.24, 2.45) is 0 Å². The summed E-state index contributed by atoms with van der Waals surface area (Å²) in [5.74, 6) is 0.842. The van der Waals surface area contributed by atoms with E-state index in [-0.39, 0.29) is 0 Å². The van der Waals surface area contributed by atoms with Crippen molar-refractivity contribution in [3.05, 3.63) is 18.2 Å². The quantitative estimate of drug-likeness (QED) is 0.779. The summed E-state index contributed by atoms with van der Waals surface area (Å²) < 4.78 is 5.92. The summed E-state index contributed by atoms with van der Waals surface area (Å²) in [6.07, 6.45) is 7.54. The number of nitrogen functional groups attached to an aromatic ring is 1. The monoisotopic (exact) mass is 280 g/mol. The van der Waals surface area contributed by atoms with Crippen LogP contribution in [0.1, 0.15) is 32.6 Å². The van der Waals surface area contributed by atoms with Crippen molar-refractivity contribution >= 4 is 23.1 Å². The van der Waals surface area contributed by atoms with Gasteiger partial charge in [0.05, 0.1) is 6.61 Å². The molecule has 0 heterocycles. The van der Waals surface area contributed by atoms with E-state index in [2.05, 4.69) is 11.6 Å². The van der Waals surface area contributed by atoms with Gasteiger partial charge >= 0.3 is 0 Å². The molecular weight excluding hydrogens is 256 g/mol. The van der Waals surface area contributed by atoms with Gasteiger partial charge in [-0.05, 0) is 32.1 Å². The molecule has 2 rings (SSSR count). The molecule has 1 aromatic rings. The predicted molar refractivity (Wildman–Crippen MR) is 85.2 cm³/mol. The number of thioether (sulfide) groups is 1. The maximum Gasteiger partial charge on any atom is 0.123 e. The maximum absolute atomic E-state index is 5.91. The largest absolute Gasteiger partial charge is 0.494 e. The summed E-state index contributed by atoms with van der Waals surface area (Å²) in [6.45, 7) is 3.65. The molecule has 1 aliphatic rings. The molecule has 0 spiro atoms. The lowest BCUT2D eigenvalue weighted by atomic mass is 10.1. The third kappa shape index (κ3) is 3.72. The highest BCUT2D eigenvalue weighted by Crippen LogP contribution is 2.40. The fourth-order valence-corrected chi connectivity index (χ4v) is 3.62. The van der Waals surface area contributed by atoms with Crippen LogP contribution in [0.5, 0.6) is 5.75 Å². The van der Waals surface area contributed by atoms with Crippen molar-refractivity contribution in [1.29, 1.82) is 0 Å². The summed E-state index contributed by atoms with van der Waals surface area (Å²) >= 11 is 1.99. The molecule has 19 heavy (non-hydrogen) atoms. The van der Waals surface area contributed by atoms with E-state index >= 15 is 0 Å². The summed E-state index contributed by atoms with van der Waals surface area (Å²) in [7, 11) is 0. The van der Waals surface area contributed by atoms with Gasteiger partial charge in [0.2, 0.25) is 0 Å². The first kappa shape index (κ1) is 14.4. The number of anilines is 2. The lowest BCUT2D eigenvalue weighted by molar-refractivity contribution is 0.340. The van der Waals surface area contributed by atoms with Crippen LogP contribution >= 0.6 is 11.8 Å². The Morgan fingerprint density at radius 3 is 2.68 bits per heavy atom. The molecule has 0 bridgehead atoms. The zero-order chi connectivity index (χ0) is 13.7. The second-order valence-electron chi connectivity index (χ2n) is 5.17. The molecule has 0 aliphatic heterocycles. The normalized spacial score (nSPS) is 17.4. The van der Waals surface area contributed by atoms with E-state index in [4.69, 9.17) is 10.5 Å². The fourth-order valence-electron chi connectivity index (χ4n) is 2.71. The highest BCUT2D eigenvalue weighted by Gasteiger charge is 2.32. The molecule has 4 heteroatoms. The van der Waals surface area contributed by atoms with Crippen molar-refractivity contribution in [2.45, 2.75) is 37.4 Å². The first-order valence-electron chi connectivity index (χ1n) is 7.00. The molecule has 1 saturated carbocycles. The minimum Gasteiger partial charge on any atom is -0.494 e. The van der Waals surface area contributed by atoms with Crippen molar-refractivity contribution in [1.82, 2.24) is 0 Å². The highest BCUT2D eigenvalue weighted by molar-refractivity contribution is 8.00. The van der Waals surface area contributed by atoms with Crippen molar-refractivity contribution < 1.29 is 4.74 Å². The fraction of sp³-hybridized carbons (Fsp3) is 0.600. The predicted octanol–water partition coefficient (Wildman–Crippen LogP) is 3.76. The summed E-state index contributed by atoms with van der Waals surface area (Å²) in [5.41, 5.74) is 7.72. The molecule has 0 unspecified atom stereocenters. The molecule has 3 N–H and O–H groups in total. The zero-order valence-corrected chi connectivity index (χ0v) is 12.7. The molecule has 1 aliphatic carbocycles. The van der Waals surface area contributed by atoms with Crippen LogP contribution in [-0.2, 0) is 0 Å². The minimum atomic E-state index is 0.399. The van der Waals surface area contributed by atoms with Gasteiger partial charge < -0.3 is 15.8 Å². The van der Waals surface area contributed by atoms with Crippen LogP contribution in [0.3, 0.4) is 0 Å². The van der Waals surface area contributed by atoms with E-state index in [9.17, 15) is 0 Å². The Morgan fingerprint density at radius 1 is 1.32 bits per heavy atom. The van der Waals surface area contributed by atoms with Gasteiger partial charge in [0.15, 0.2) is 0 Å². The average molecular weight is 280 g/mol. The minimum absolute atomic E-state index is 0.399. The van der Waals surface area contributed by atoms with Gasteiger partial charge in [-0.15, -0.1) is 0 Å². The zero-order valence-electron chi connectivity index (χ0n) is 11.9. The second-order valence-corrected chi connectivity index (χ2v) is 6.45. The smallest absolute Gasteiger partial charge is 0.123 e. The summed E-state index contributed by atoms with van der Waals surface area (Å²) in [5, 5.41) is 3.54. The van der Waals surface area contributed by atoms with E-state index in [1.54, 1.807) is 0 Å². The van der Waals surface area contributed by atoms with Crippen molar-refractivity contribution in [3.8, 4) is 5.75 Å². The Kier molecular flexibility index (Phi) is 4.86. The maximum atomic E-state index is 5.91. The third-order valence-corrected chi connectivity index (χ3v) is 5.22. The van der Waals surface area contributed by atoms with Crippen LogP contribution in [0.4, 0.5) is 11.4 Å². The van der Waals surface area contributed by atoms with Gasteiger partial charge in [0, 0.05) is 34.8 Å². The van der Waals surface area contributed by atoms with Crippen LogP contribution in [0.25, 0.3) is 0 Å². The highest BCUT2D eigenvalue weighted by atomic mass is 32.2. The van der Waals surface area contributed by atoms with Crippen LogP contribution < -0.4 is 15.8 Å². The summed E-state index contributed by atoms with van der Waals surface area (Å²) in [6, 6.07) is 5.88. The average Bonchev–Trinajstić information content (AvgIpc) is 2.86. The number of hydrogen-bond acceptors (Lipinski definition) is 4. The summed E-state index contributed by atoms with van der Waals surface area (Å²) in [4.78, 5) is 0. The Bertz CT molecular complexity index is 417. The molecule has 0 aromatic heterocycles. The van der Waals surface area contributed by atoms with Crippen molar-refractivity contribution in [3.63, 3.8) is 0 Å². The van der Waals surface area contributed by atoms with Gasteiger partial charge in [-0.1, -0.05) is 12.8 Å². The number of rotatable bonds is 6. The molecular formula is C15H24N2OS. The van der Waals surface area contributed by atoms with Crippen LogP contribution in [-0.4, -0.2) is 24.2 Å². The van der Waals surface area contributed by atoms with Gasteiger partial charge in [0.25, 0.3) is 0 Å². The number of hydrogen-bond donors (Lipinski definition) is 2. The van der Waals surface area contributed by atoms with E-state index in [0.29, 0.717) is 11.4 Å². The van der Waals surface area contributed by atoms with Gasteiger partial charge in [-0.2, -0.15) is 11.8 Å². The van der Waals surface area contributed by atoms with E-state index < -0.39 is 0 Å². The van der Waals surface area contributed by atoms with Gasteiger partial charge in [-0.3, -0.25) is 0 Å². The first-order chi connectivity index (χ1) is 9.17. The molecule has 1 aromatic carbocycles. The Labute approximate surface area is 120 Å². The molecule has 0 atom stereocenters. The lowest BCUT2D eigenvalue weighted by Crippen LogP contribution is -2.30. The Hall–Kier alpha value is -1.03. The first-order valence-corrected chi connectivity index (χ1v) is 8.22. The lowest BCUT2D eigenvalue weighted by Gasteiger charge is -2.27. The third-order valence-electron chi connectivity index (χ3n) is 3.80. The topological polar surface area (TPSA) is 47.3 Å². The number of nitrogens with two attached hydrogens (primary N) is 1. The number of benzene rings is 1. The van der Waals surface area contributed by atoms with Gasteiger partial charge in [-0.25, -0.2) is 0 Å². The van der Waals surface area contributed by atoms with E-state index in [1.165, 1.54) is 25.7 Å². The molecule has 106 valence electrons. The Balaban J connectivity index is 2.02.